The van der Waals surface area contributed by atoms with Crippen molar-refractivity contribution in [1.82, 2.24) is 10.6 Å². The molecule has 0 unspecified atom stereocenters. The van der Waals surface area contributed by atoms with E-state index in [9.17, 15) is 14.4 Å². The molecule has 0 radical (unpaired) electrons. The van der Waals surface area contributed by atoms with Crippen molar-refractivity contribution in [3.63, 3.8) is 0 Å². The quantitative estimate of drug-likeness (QED) is 0.656. The predicted octanol–water partition coefficient (Wildman–Crippen LogP) is 2.40. The zero-order valence-electron chi connectivity index (χ0n) is 15.8. The van der Waals surface area contributed by atoms with E-state index >= 15 is 0 Å². The predicted molar refractivity (Wildman–Crippen MR) is 97.2 cm³/mol. The molecule has 2 atom stereocenters. The summed E-state index contributed by atoms with van der Waals surface area (Å²) in [5.74, 6) is -1.10. The molecule has 144 valence electrons. The van der Waals surface area contributed by atoms with Gasteiger partial charge in [-0.1, -0.05) is 57.5 Å². The summed E-state index contributed by atoms with van der Waals surface area (Å²) in [5.41, 5.74) is 0.852. The van der Waals surface area contributed by atoms with E-state index in [4.69, 9.17) is 9.47 Å². The Labute approximate surface area is 154 Å². The minimum atomic E-state index is -0.783. The Balaban J connectivity index is 2.63. The fourth-order valence-corrected chi connectivity index (χ4v) is 2.34. The van der Waals surface area contributed by atoms with Gasteiger partial charge >= 0.3 is 12.1 Å². The van der Waals surface area contributed by atoms with Crippen molar-refractivity contribution < 1.29 is 23.9 Å². The first-order valence-corrected chi connectivity index (χ1v) is 8.74. The molecule has 7 heteroatoms. The molecule has 0 heterocycles. The Kier molecular flexibility index (Phi) is 9.19. The molecule has 0 saturated carbocycles. The van der Waals surface area contributed by atoms with Crippen LogP contribution < -0.4 is 10.6 Å². The van der Waals surface area contributed by atoms with Crippen LogP contribution in [0.2, 0.25) is 0 Å². The van der Waals surface area contributed by atoms with Gasteiger partial charge in [0, 0.05) is 0 Å². The van der Waals surface area contributed by atoms with E-state index in [1.54, 1.807) is 13.8 Å². The maximum atomic E-state index is 12.5. The molecule has 0 aromatic heterocycles. The lowest BCUT2D eigenvalue weighted by atomic mass is 10.0. The number of rotatable bonds is 9. The second kappa shape index (κ2) is 11.1. The van der Waals surface area contributed by atoms with E-state index in [1.165, 1.54) is 7.11 Å². The minimum Gasteiger partial charge on any atom is -0.467 e. The molecule has 0 bridgehead atoms. The van der Waals surface area contributed by atoms with Gasteiger partial charge < -0.3 is 20.1 Å². The minimum absolute atomic E-state index is 0.115. The van der Waals surface area contributed by atoms with Crippen LogP contribution in [0.1, 0.15) is 39.2 Å². The van der Waals surface area contributed by atoms with Crippen molar-refractivity contribution in [2.45, 2.75) is 52.3 Å². The van der Waals surface area contributed by atoms with E-state index in [0.29, 0.717) is 12.8 Å². The van der Waals surface area contributed by atoms with Crippen LogP contribution in [0.15, 0.2) is 30.3 Å². The Hall–Kier alpha value is -2.57. The number of nitrogens with one attached hydrogen (secondary N) is 2. The largest absolute Gasteiger partial charge is 0.467 e. The second-order valence-electron chi connectivity index (χ2n) is 6.30. The number of alkyl carbamates (subject to hydrolysis) is 1. The third kappa shape index (κ3) is 7.13. The highest BCUT2D eigenvalue weighted by atomic mass is 16.5. The summed E-state index contributed by atoms with van der Waals surface area (Å²) in [6, 6.07) is 7.70. The number of carbonyl (C=O) groups is 3. The molecule has 0 saturated heterocycles. The van der Waals surface area contributed by atoms with Crippen molar-refractivity contribution in [1.29, 1.82) is 0 Å². The highest BCUT2D eigenvalue weighted by Gasteiger charge is 2.29. The van der Waals surface area contributed by atoms with Crippen LogP contribution >= 0.6 is 0 Å². The third-order valence-corrected chi connectivity index (χ3v) is 3.82. The monoisotopic (exact) mass is 364 g/mol. The number of carbonyl (C=O) groups excluding carboxylic acids is 3. The topological polar surface area (TPSA) is 93.7 Å². The van der Waals surface area contributed by atoms with Crippen LogP contribution in [-0.4, -0.2) is 37.2 Å². The molecule has 26 heavy (non-hydrogen) atoms. The van der Waals surface area contributed by atoms with Crippen LogP contribution in [-0.2, 0) is 25.7 Å². The van der Waals surface area contributed by atoms with E-state index < -0.39 is 30.1 Å². The van der Waals surface area contributed by atoms with Crippen LogP contribution in [0.3, 0.4) is 0 Å². The Morgan fingerprint density at radius 1 is 1.08 bits per heavy atom. The van der Waals surface area contributed by atoms with Gasteiger partial charge in [-0.3, -0.25) is 4.79 Å². The zero-order valence-corrected chi connectivity index (χ0v) is 15.8. The molecule has 0 aliphatic rings. The van der Waals surface area contributed by atoms with Gasteiger partial charge in [-0.15, -0.1) is 0 Å². The smallest absolute Gasteiger partial charge is 0.408 e. The van der Waals surface area contributed by atoms with Gasteiger partial charge in [-0.05, 0) is 17.9 Å². The molecular weight excluding hydrogens is 336 g/mol. The molecular formula is C19H28N2O5. The van der Waals surface area contributed by atoms with Crippen LogP contribution in [0.25, 0.3) is 0 Å². The molecule has 7 nitrogen and oxygen atoms in total. The molecule has 2 amide bonds. The molecule has 1 aromatic rings. The maximum Gasteiger partial charge on any atom is 0.408 e. The number of hydrogen-bond acceptors (Lipinski definition) is 5. The van der Waals surface area contributed by atoms with Crippen molar-refractivity contribution >= 4 is 18.0 Å². The average molecular weight is 364 g/mol. The number of methoxy groups -OCH3 is 1. The first-order valence-electron chi connectivity index (χ1n) is 8.74. The average Bonchev–Trinajstić information content (AvgIpc) is 2.63. The van der Waals surface area contributed by atoms with Gasteiger partial charge in [0.1, 0.15) is 18.7 Å². The fourth-order valence-electron chi connectivity index (χ4n) is 2.34. The summed E-state index contributed by atoms with van der Waals surface area (Å²) in [5, 5.41) is 5.21. The zero-order chi connectivity index (χ0) is 19.5. The summed E-state index contributed by atoms with van der Waals surface area (Å²) in [6.07, 6.45) is 0.432. The van der Waals surface area contributed by atoms with Crippen LogP contribution in [0.5, 0.6) is 0 Å². The summed E-state index contributed by atoms with van der Waals surface area (Å²) < 4.78 is 9.87. The van der Waals surface area contributed by atoms with E-state index in [1.807, 2.05) is 37.3 Å². The summed E-state index contributed by atoms with van der Waals surface area (Å²) in [6.45, 7) is 5.62. The SMILES string of the molecule is CCC[C@H](NC(=O)OCc1ccccc1)C(=O)N[C@H](C(=O)OC)C(C)C. The Morgan fingerprint density at radius 3 is 2.27 bits per heavy atom. The number of ether oxygens (including phenoxy) is 2. The lowest BCUT2D eigenvalue weighted by Gasteiger charge is -2.23. The maximum absolute atomic E-state index is 12.5. The van der Waals surface area contributed by atoms with Gasteiger partial charge in [0.2, 0.25) is 5.91 Å². The van der Waals surface area contributed by atoms with Gasteiger partial charge in [0.05, 0.1) is 7.11 Å². The Morgan fingerprint density at radius 2 is 1.73 bits per heavy atom. The highest BCUT2D eigenvalue weighted by molar-refractivity contribution is 5.89. The molecule has 0 aliphatic heterocycles. The van der Waals surface area contributed by atoms with Gasteiger partial charge in [0.15, 0.2) is 0 Å². The molecule has 0 spiro atoms. The first-order chi connectivity index (χ1) is 12.4. The molecule has 2 N–H and O–H groups in total. The normalized spacial score (nSPS) is 12.8. The molecule has 0 fully saturated rings. The summed E-state index contributed by atoms with van der Waals surface area (Å²) >= 11 is 0. The van der Waals surface area contributed by atoms with E-state index in [-0.39, 0.29) is 12.5 Å². The van der Waals surface area contributed by atoms with Gasteiger partial charge in [0.25, 0.3) is 0 Å². The number of esters is 1. The van der Waals surface area contributed by atoms with Gasteiger partial charge in [-0.25, -0.2) is 9.59 Å². The van der Waals surface area contributed by atoms with Crippen LogP contribution in [0, 0.1) is 5.92 Å². The van der Waals surface area contributed by atoms with Gasteiger partial charge in [-0.2, -0.15) is 0 Å². The standard InChI is InChI=1S/C19H28N2O5/c1-5-9-15(17(22)21-16(13(2)3)18(23)25-4)20-19(24)26-12-14-10-7-6-8-11-14/h6-8,10-11,13,15-16H,5,9,12H2,1-4H3,(H,20,24)(H,21,22)/t15-,16-/m0/s1. The number of amides is 2. The number of hydrogen-bond donors (Lipinski definition) is 2. The fraction of sp³-hybridized carbons (Fsp3) is 0.526. The molecule has 0 aliphatic carbocycles. The van der Waals surface area contributed by atoms with Crippen molar-refractivity contribution in [2.24, 2.45) is 5.92 Å². The summed E-state index contributed by atoms with van der Waals surface area (Å²) in [7, 11) is 1.27. The first kappa shape index (κ1) is 21.5. The second-order valence-corrected chi connectivity index (χ2v) is 6.30. The van der Waals surface area contributed by atoms with Crippen molar-refractivity contribution in [3.8, 4) is 0 Å². The third-order valence-electron chi connectivity index (χ3n) is 3.82. The van der Waals surface area contributed by atoms with E-state index in [2.05, 4.69) is 10.6 Å². The Bertz CT molecular complexity index is 589. The molecule has 1 rings (SSSR count). The highest BCUT2D eigenvalue weighted by Crippen LogP contribution is 2.07. The van der Waals surface area contributed by atoms with E-state index in [0.717, 1.165) is 5.56 Å². The van der Waals surface area contributed by atoms with Crippen molar-refractivity contribution in [3.05, 3.63) is 35.9 Å². The number of benzene rings is 1. The lowest BCUT2D eigenvalue weighted by Crippen LogP contribution is -2.53. The summed E-state index contributed by atoms with van der Waals surface area (Å²) in [4.78, 5) is 36.3. The van der Waals surface area contributed by atoms with Crippen molar-refractivity contribution in [2.75, 3.05) is 7.11 Å². The molecule has 1 aromatic carbocycles. The lowest BCUT2D eigenvalue weighted by molar-refractivity contribution is -0.146. The van der Waals surface area contributed by atoms with Crippen LogP contribution in [0.4, 0.5) is 4.79 Å².